The Labute approximate surface area is 99.3 Å². The van der Waals surface area contributed by atoms with E-state index in [4.69, 9.17) is 4.74 Å². The largest absolute Gasteiger partial charge is 0.383 e. The predicted octanol–water partition coefficient (Wildman–Crippen LogP) is 1.12. The number of carbonyl (C=O) groups is 1. The van der Waals surface area contributed by atoms with E-state index in [0.29, 0.717) is 25.1 Å². The van der Waals surface area contributed by atoms with E-state index in [0.717, 1.165) is 13.0 Å². The highest BCUT2D eigenvalue weighted by Crippen LogP contribution is 2.18. The number of amides is 1. The van der Waals surface area contributed by atoms with Crippen LogP contribution in [0.2, 0.25) is 0 Å². The lowest BCUT2D eigenvalue weighted by Crippen LogP contribution is -2.37. The van der Waals surface area contributed by atoms with Crippen LogP contribution in [0.1, 0.15) is 27.2 Å². The molecule has 0 aliphatic rings. The Hall–Kier alpha value is -0.610. The lowest BCUT2D eigenvalue weighted by atomic mass is 9.92. The Morgan fingerprint density at radius 3 is 2.50 bits per heavy atom. The number of nitrogens with zero attached hydrogens (tertiary/aromatic N) is 1. The summed E-state index contributed by atoms with van der Waals surface area (Å²) in [5.41, 5.74) is 0.320. The van der Waals surface area contributed by atoms with Crippen LogP contribution < -0.4 is 5.32 Å². The van der Waals surface area contributed by atoms with Gasteiger partial charge in [0.05, 0.1) is 13.2 Å². The molecular formula is C12H26N2O2. The Morgan fingerprint density at radius 1 is 1.38 bits per heavy atom. The van der Waals surface area contributed by atoms with Crippen LogP contribution in [0.25, 0.3) is 0 Å². The van der Waals surface area contributed by atoms with Gasteiger partial charge in [-0.1, -0.05) is 20.8 Å². The van der Waals surface area contributed by atoms with Gasteiger partial charge in [-0.15, -0.1) is 0 Å². The van der Waals surface area contributed by atoms with Gasteiger partial charge in [0.15, 0.2) is 0 Å². The van der Waals surface area contributed by atoms with E-state index in [1.54, 1.807) is 7.11 Å². The third-order valence-corrected chi connectivity index (χ3v) is 2.29. The van der Waals surface area contributed by atoms with Gasteiger partial charge in [0.2, 0.25) is 5.91 Å². The molecule has 4 heteroatoms. The third-order valence-electron chi connectivity index (χ3n) is 2.29. The summed E-state index contributed by atoms with van der Waals surface area (Å²) < 4.78 is 4.86. The normalized spacial score (nSPS) is 11.9. The summed E-state index contributed by atoms with van der Waals surface area (Å²) >= 11 is 0. The van der Waals surface area contributed by atoms with Gasteiger partial charge in [-0.25, -0.2) is 0 Å². The number of ether oxygens (including phenoxy) is 1. The molecule has 0 saturated carbocycles. The van der Waals surface area contributed by atoms with Gasteiger partial charge in [-0.2, -0.15) is 0 Å². The summed E-state index contributed by atoms with van der Waals surface area (Å²) in [6.07, 6.45) is 1.09. The van der Waals surface area contributed by atoms with Crippen molar-refractivity contribution in [3.63, 3.8) is 0 Å². The second kappa shape index (κ2) is 7.63. The maximum Gasteiger partial charge on any atom is 0.234 e. The molecule has 0 atom stereocenters. The molecule has 0 rings (SSSR count). The molecule has 0 bridgehead atoms. The fourth-order valence-corrected chi connectivity index (χ4v) is 1.20. The molecule has 0 fully saturated rings. The smallest absolute Gasteiger partial charge is 0.234 e. The summed E-state index contributed by atoms with van der Waals surface area (Å²) in [7, 11) is 3.60. The Morgan fingerprint density at radius 2 is 2.00 bits per heavy atom. The first-order valence-corrected chi connectivity index (χ1v) is 5.79. The lowest BCUT2D eigenvalue weighted by molar-refractivity contribution is -0.122. The van der Waals surface area contributed by atoms with Crippen LogP contribution in [-0.4, -0.2) is 51.2 Å². The molecule has 0 radical (unpaired) electrons. The van der Waals surface area contributed by atoms with Gasteiger partial charge in [0, 0.05) is 13.7 Å². The van der Waals surface area contributed by atoms with Crippen molar-refractivity contribution in [1.82, 2.24) is 10.2 Å². The molecule has 0 unspecified atom stereocenters. The van der Waals surface area contributed by atoms with Crippen LogP contribution in [0.4, 0.5) is 0 Å². The summed E-state index contributed by atoms with van der Waals surface area (Å²) in [5, 5.41) is 2.81. The summed E-state index contributed by atoms with van der Waals surface area (Å²) in [6.45, 7) is 9.18. The van der Waals surface area contributed by atoms with Gasteiger partial charge in [0.25, 0.3) is 0 Å². The SMILES string of the molecule is COCCNC(=O)CN(C)CCC(C)(C)C. The molecule has 0 aliphatic carbocycles. The number of likely N-dealkylation sites (N-methyl/N-ethyl adjacent to an activating group) is 1. The number of hydrogen-bond acceptors (Lipinski definition) is 3. The maximum atomic E-state index is 11.4. The van der Waals surface area contributed by atoms with Gasteiger partial charge in [-0.3, -0.25) is 9.69 Å². The van der Waals surface area contributed by atoms with Crippen molar-refractivity contribution in [2.75, 3.05) is 40.4 Å². The van der Waals surface area contributed by atoms with E-state index in [2.05, 4.69) is 26.1 Å². The first-order chi connectivity index (χ1) is 7.35. The van der Waals surface area contributed by atoms with Gasteiger partial charge < -0.3 is 10.1 Å². The minimum absolute atomic E-state index is 0.0634. The first-order valence-electron chi connectivity index (χ1n) is 5.79. The molecule has 4 nitrogen and oxygen atoms in total. The van der Waals surface area contributed by atoms with Crippen molar-refractivity contribution in [2.24, 2.45) is 5.41 Å². The van der Waals surface area contributed by atoms with Crippen molar-refractivity contribution in [3.8, 4) is 0 Å². The predicted molar refractivity (Wildman–Crippen MR) is 66.5 cm³/mol. The van der Waals surface area contributed by atoms with E-state index in [1.165, 1.54) is 0 Å². The topological polar surface area (TPSA) is 41.6 Å². The number of nitrogens with one attached hydrogen (secondary N) is 1. The van der Waals surface area contributed by atoms with Gasteiger partial charge >= 0.3 is 0 Å². The maximum absolute atomic E-state index is 11.4. The second-order valence-electron chi connectivity index (χ2n) is 5.39. The molecule has 0 saturated heterocycles. The molecular weight excluding hydrogens is 204 g/mol. The number of hydrogen-bond donors (Lipinski definition) is 1. The summed E-state index contributed by atoms with van der Waals surface area (Å²) in [6, 6.07) is 0. The number of carbonyl (C=O) groups excluding carboxylic acids is 1. The highest BCUT2D eigenvalue weighted by molar-refractivity contribution is 5.77. The van der Waals surface area contributed by atoms with Crippen LogP contribution in [0.15, 0.2) is 0 Å². The minimum atomic E-state index is 0.0634. The van der Waals surface area contributed by atoms with E-state index < -0.39 is 0 Å². The minimum Gasteiger partial charge on any atom is -0.383 e. The fourth-order valence-electron chi connectivity index (χ4n) is 1.20. The van der Waals surface area contributed by atoms with E-state index in [9.17, 15) is 4.79 Å². The summed E-state index contributed by atoms with van der Waals surface area (Å²) in [4.78, 5) is 13.5. The van der Waals surface area contributed by atoms with Crippen molar-refractivity contribution < 1.29 is 9.53 Å². The Kier molecular flexibility index (Phi) is 7.34. The average Bonchev–Trinajstić information content (AvgIpc) is 2.14. The van der Waals surface area contributed by atoms with Gasteiger partial charge in [-0.05, 0) is 25.4 Å². The fraction of sp³-hybridized carbons (Fsp3) is 0.917. The average molecular weight is 230 g/mol. The molecule has 16 heavy (non-hydrogen) atoms. The molecule has 0 aliphatic heterocycles. The molecule has 96 valence electrons. The van der Waals surface area contributed by atoms with Crippen LogP contribution in [0.3, 0.4) is 0 Å². The van der Waals surface area contributed by atoms with Crippen molar-refractivity contribution in [3.05, 3.63) is 0 Å². The van der Waals surface area contributed by atoms with Crippen LogP contribution in [-0.2, 0) is 9.53 Å². The van der Waals surface area contributed by atoms with E-state index in [1.807, 2.05) is 11.9 Å². The van der Waals surface area contributed by atoms with Crippen molar-refractivity contribution in [2.45, 2.75) is 27.2 Å². The summed E-state index contributed by atoms with van der Waals surface area (Å²) in [5.74, 6) is 0.0634. The molecule has 0 spiro atoms. The molecule has 1 amide bonds. The van der Waals surface area contributed by atoms with Crippen molar-refractivity contribution >= 4 is 5.91 Å². The zero-order valence-corrected chi connectivity index (χ0v) is 11.3. The van der Waals surface area contributed by atoms with E-state index >= 15 is 0 Å². The highest BCUT2D eigenvalue weighted by Gasteiger charge is 2.12. The van der Waals surface area contributed by atoms with E-state index in [-0.39, 0.29) is 5.91 Å². The monoisotopic (exact) mass is 230 g/mol. The standard InChI is InChI=1S/C12H26N2O2/c1-12(2,3)6-8-14(4)10-11(15)13-7-9-16-5/h6-10H2,1-5H3,(H,13,15). The quantitative estimate of drug-likeness (QED) is 0.666. The second-order valence-corrected chi connectivity index (χ2v) is 5.39. The Bertz CT molecular complexity index is 200. The number of rotatable bonds is 7. The third kappa shape index (κ3) is 9.93. The van der Waals surface area contributed by atoms with Gasteiger partial charge in [0.1, 0.15) is 0 Å². The highest BCUT2D eigenvalue weighted by atomic mass is 16.5. The lowest BCUT2D eigenvalue weighted by Gasteiger charge is -2.23. The van der Waals surface area contributed by atoms with Crippen molar-refractivity contribution in [1.29, 1.82) is 0 Å². The molecule has 0 aromatic carbocycles. The van der Waals surface area contributed by atoms with Crippen LogP contribution >= 0.6 is 0 Å². The first kappa shape index (κ1) is 15.4. The van der Waals surface area contributed by atoms with Crippen LogP contribution in [0.5, 0.6) is 0 Å². The van der Waals surface area contributed by atoms with Crippen LogP contribution in [0, 0.1) is 5.41 Å². The zero-order chi connectivity index (χ0) is 12.6. The zero-order valence-electron chi connectivity index (χ0n) is 11.3. The molecule has 0 aromatic rings. The Balaban J connectivity index is 3.62. The molecule has 0 heterocycles. The molecule has 1 N–H and O–H groups in total. The number of methoxy groups -OCH3 is 1. The molecule has 0 aromatic heterocycles.